The second-order valence-corrected chi connectivity index (χ2v) is 6.46. The summed E-state index contributed by atoms with van der Waals surface area (Å²) in [6, 6.07) is 18.8. The zero-order valence-electron chi connectivity index (χ0n) is 15.7. The van der Waals surface area contributed by atoms with Crippen LogP contribution in [0.25, 0.3) is 0 Å². The number of hydrogen-bond donors (Lipinski definition) is 2. The Hall–Kier alpha value is -3.41. The molecule has 2 N–H and O–H groups in total. The molecular formula is C21H23N5O. The molecule has 3 rings (SSSR count). The minimum absolute atomic E-state index is 0.120. The molecule has 2 aromatic carbocycles. The topological polar surface area (TPSA) is 70.2 Å². The lowest BCUT2D eigenvalue weighted by Gasteiger charge is -2.14. The maximum absolute atomic E-state index is 12.2. The number of benzene rings is 2. The van der Waals surface area contributed by atoms with Gasteiger partial charge in [0.05, 0.1) is 0 Å². The van der Waals surface area contributed by atoms with E-state index in [-0.39, 0.29) is 5.91 Å². The van der Waals surface area contributed by atoms with Crippen molar-refractivity contribution in [3.63, 3.8) is 0 Å². The van der Waals surface area contributed by atoms with Gasteiger partial charge in [0.2, 0.25) is 5.95 Å². The highest BCUT2D eigenvalue weighted by Crippen LogP contribution is 2.15. The van der Waals surface area contributed by atoms with E-state index in [0.29, 0.717) is 18.1 Å². The van der Waals surface area contributed by atoms with E-state index in [4.69, 9.17) is 0 Å². The lowest BCUT2D eigenvalue weighted by atomic mass is 10.2. The molecular weight excluding hydrogens is 338 g/mol. The third kappa shape index (κ3) is 5.04. The van der Waals surface area contributed by atoms with Crippen molar-refractivity contribution in [2.45, 2.75) is 13.5 Å². The molecule has 1 heterocycles. The zero-order valence-corrected chi connectivity index (χ0v) is 15.7. The van der Waals surface area contributed by atoms with Gasteiger partial charge >= 0.3 is 0 Å². The molecule has 0 saturated heterocycles. The molecule has 27 heavy (non-hydrogen) atoms. The molecule has 0 unspecified atom stereocenters. The molecule has 0 aliphatic heterocycles. The first-order chi connectivity index (χ1) is 13.0. The van der Waals surface area contributed by atoms with E-state index >= 15 is 0 Å². The number of carbonyl (C=O) groups excluding carboxylic acids is 1. The lowest BCUT2D eigenvalue weighted by molar-refractivity contribution is 0.102. The van der Waals surface area contributed by atoms with Crippen LogP contribution in [0.2, 0.25) is 0 Å². The third-order valence-corrected chi connectivity index (χ3v) is 4.00. The van der Waals surface area contributed by atoms with Crippen molar-refractivity contribution >= 4 is 23.4 Å². The summed E-state index contributed by atoms with van der Waals surface area (Å²) >= 11 is 0. The summed E-state index contributed by atoms with van der Waals surface area (Å²) in [7, 11) is 3.90. The molecule has 0 fully saturated rings. The number of nitrogens with zero attached hydrogens (tertiary/aromatic N) is 3. The van der Waals surface area contributed by atoms with E-state index in [9.17, 15) is 4.79 Å². The average Bonchev–Trinajstić information content (AvgIpc) is 2.67. The van der Waals surface area contributed by atoms with Crippen LogP contribution in [-0.4, -0.2) is 30.0 Å². The smallest absolute Gasteiger partial charge is 0.255 e. The Morgan fingerprint density at radius 3 is 2.37 bits per heavy atom. The summed E-state index contributed by atoms with van der Waals surface area (Å²) in [5.41, 5.74) is 3.38. The monoisotopic (exact) mass is 361 g/mol. The van der Waals surface area contributed by atoms with Crippen molar-refractivity contribution in [3.8, 4) is 0 Å². The predicted molar refractivity (Wildman–Crippen MR) is 109 cm³/mol. The van der Waals surface area contributed by atoms with Crippen molar-refractivity contribution < 1.29 is 4.79 Å². The van der Waals surface area contributed by atoms with E-state index in [1.807, 2.05) is 74.4 Å². The third-order valence-electron chi connectivity index (χ3n) is 4.00. The SMILES string of the molecule is Cc1cc(N(C)C)nc(NCc2ccc(NC(=O)c3ccccc3)cc2)n1. The maximum Gasteiger partial charge on any atom is 0.255 e. The van der Waals surface area contributed by atoms with Gasteiger partial charge in [-0.15, -0.1) is 0 Å². The fraction of sp³-hybridized carbons (Fsp3) is 0.190. The van der Waals surface area contributed by atoms with Crippen molar-refractivity contribution in [2.75, 3.05) is 29.6 Å². The number of nitrogens with one attached hydrogen (secondary N) is 2. The van der Waals surface area contributed by atoms with Crippen LogP contribution in [0.15, 0.2) is 60.7 Å². The standard InChI is InChI=1S/C21H23N5O/c1-15-13-19(26(2)3)25-21(23-15)22-14-16-9-11-18(12-10-16)24-20(27)17-7-5-4-6-8-17/h4-13H,14H2,1-3H3,(H,24,27)(H,22,23,25). The molecule has 138 valence electrons. The van der Waals surface area contributed by atoms with Gasteiger partial charge in [-0.3, -0.25) is 4.79 Å². The highest BCUT2D eigenvalue weighted by molar-refractivity contribution is 6.04. The number of amides is 1. The van der Waals surface area contributed by atoms with E-state index < -0.39 is 0 Å². The second kappa shape index (κ2) is 8.31. The lowest BCUT2D eigenvalue weighted by Crippen LogP contribution is -2.13. The molecule has 1 amide bonds. The molecule has 0 aliphatic rings. The van der Waals surface area contributed by atoms with Gasteiger partial charge in [-0.2, -0.15) is 4.98 Å². The Balaban J connectivity index is 1.60. The van der Waals surface area contributed by atoms with Crippen molar-refractivity contribution in [1.82, 2.24) is 9.97 Å². The van der Waals surface area contributed by atoms with Crippen molar-refractivity contribution in [3.05, 3.63) is 77.5 Å². The minimum atomic E-state index is -0.120. The fourth-order valence-corrected chi connectivity index (χ4v) is 2.54. The van der Waals surface area contributed by atoms with Crippen LogP contribution in [0.5, 0.6) is 0 Å². The Morgan fingerprint density at radius 2 is 1.70 bits per heavy atom. The Morgan fingerprint density at radius 1 is 1.00 bits per heavy atom. The number of carbonyl (C=O) groups is 1. The largest absolute Gasteiger partial charge is 0.363 e. The summed E-state index contributed by atoms with van der Waals surface area (Å²) in [5.74, 6) is 1.34. The number of anilines is 3. The number of aromatic nitrogens is 2. The van der Waals surface area contributed by atoms with E-state index in [1.165, 1.54) is 0 Å². The molecule has 0 bridgehead atoms. The minimum Gasteiger partial charge on any atom is -0.363 e. The zero-order chi connectivity index (χ0) is 19.2. The van der Waals surface area contributed by atoms with E-state index in [1.54, 1.807) is 12.1 Å². The normalized spacial score (nSPS) is 10.3. The Bertz CT molecular complexity index is 908. The van der Waals surface area contributed by atoms with Gasteiger partial charge in [0.25, 0.3) is 5.91 Å². The van der Waals surface area contributed by atoms with Gasteiger partial charge in [-0.1, -0.05) is 30.3 Å². The van der Waals surface area contributed by atoms with E-state index in [0.717, 1.165) is 22.8 Å². The van der Waals surface area contributed by atoms with Crippen LogP contribution < -0.4 is 15.5 Å². The number of aryl methyl sites for hydroxylation is 1. The molecule has 6 nitrogen and oxygen atoms in total. The molecule has 0 aliphatic carbocycles. The second-order valence-electron chi connectivity index (χ2n) is 6.46. The van der Waals surface area contributed by atoms with Gasteiger partial charge in [-0.25, -0.2) is 4.98 Å². The maximum atomic E-state index is 12.2. The van der Waals surface area contributed by atoms with Crippen molar-refractivity contribution in [2.24, 2.45) is 0 Å². The summed E-state index contributed by atoms with van der Waals surface area (Å²) in [5, 5.41) is 6.14. The fourth-order valence-electron chi connectivity index (χ4n) is 2.54. The highest BCUT2D eigenvalue weighted by Gasteiger charge is 2.06. The molecule has 0 radical (unpaired) electrons. The van der Waals surface area contributed by atoms with Crippen LogP contribution >= 0.6 is 0 Å². The molecule has 1 aromatic heterocycles. The van der Waals surface area contributed by atoms with Crippen LogP contribution in [0, 0.1) is 6.92 Å². The summed E-state index contributed by atoms with van der Waals surface area (Å²) < 4.78 is 0. The quantitative estimate of drug-likeness (QED) is 0.700. The van der Waals surface area contributed by atoms with Gasteiger partial charge in [0, 0.05) is 43.7 Å². The number of rotatable bonds is 6. The number of hydrogen-bond acceptors (Lipinski definition) is 5. The molecule has 3 aromatic rings. The van der Waals surface area contributed by atoms with Crippen LogP contribution in [0.1, 0.15) is 21.6 Å². The average molecular weight is 361 g/mol. The van der Waals surface area contributed by atoms with Crippen LogP contribution in [0.4, 0.5) is 17.5 Å². The summed E-state index contributed by atoms with van der Waals surface area (Å²) in [4.78, 5) is 23.0. The first-order valence-electron chi connectivity index (χ1n) is 8.73. The molecule has 6 heteroatoms. The van der Waals surface area contributed by atoms with E-state index in [2.05, 4.69) is 20.6 Å². The Labute approximate surface area is 159 Å². The van der Waals surface area contributed by atoms with Gasteiger partial charge in [-0.05, 0) is 36.8 Å². The highest BCUT2D eigenvalue weighted by atomic mass is 16.1. The molecule has 0 spiro atoms. The molecule has 0 saturated carbocycles. The Kier molecular flexibility index (Phi) is 5.66. The first-order valence-corrected chi connectivity index (χ1v) is 8.73. The van der Waals surface area contributed by atoms with Gasteiger partial charge in [0.15, 0.2) is 0 Å². The summed E-state index contributed by atoms with van der Waals surface area (Å²) in [6.07, 6.45) is 0. The van der Waals surface area contributed by atoms with Gasteiger partial charge < -0.3 is 15.5 Å². The first kappa shape index (κ1) is 18.4. The van der Waals surface area contributed by atoms with Crippen LogP contribution in [0.3, 0.4) is 0 Å². The predicted octanol–water partition coefficient (Wildman–Crippen LogP) is 3.72. The van der Waals surface area contributed by atoms with Gasteiger partial charge in [0.1, 0.15) is 5.82 Å². The van der Waals surface area contributed by atoms with Crippen molar-refractivity contribution in [1.29, 1.82) is 0 Å². The summed E-state index contributed by atoms with van der Waals surface area (Å²) in [6.45, 7) is 2.55. The van der Waals surface area contributed by atoms with Crippen LogP contribution in [-0.2, 0) is 6.54 Å². The molecule has 0 atom stereocenters.